The third kappa shape index (κ3) is 6.37. The number of benzene rings is 1. The highest BCUT2D eigenvalue weighted by Crippen LogP contribution is 2.09. The Kier molecular flexibility index (Phi) is 6.88. The van der Waals surface area contributed by atoms with Crippen molar-refractivity contribution in [2.75, 3.05) is 12.3 Å². The third-order valence-electron chi connectivity index (χ3n) is 4.36. The first-order chi connectivity index (χ1) is 14.0. The van der Waals surface area contributed by atoms with Crippen LogP contribution >= 0.6 is 0 Å². The lowest BCUT2D eigenvalue weighted by molar-refractivity contribution is 0.0951. The summed E-state index contributed by atoms with van der Waals surface area (Å²) < 4.78 is 28.0. The molecule has 0 aliphatic heterocycles. The zero-order chi connectivity index (χ0) is 20.6. The number of anilines is 1. The van der Waals surface area contributed by atoms with Crippen LogP contribution in [0.5, 0.6) is 0 Å². The Morgan fingerprint density at radius 3 is 2.62 bits per heavy atom. The van der Waals surface area contributed by atoms with E-state index in [2.05, 4.69) is 25.6 Å². The van der Waals surface area contributed by atoms with Gasteiger partial charge in [0.15, 0.2) is 5.95 Å². The Balaban J connectivity index is 1.34. The molecule has 10 heteroatoms. The second-order valence-electron chi connectivity index (χ2n) is 6.74. The standard InChI is InChI=1S/C19H23F2N7O/c20-14-8-13(9-15(21)10-14)18(29)23-6-7-28-12-17(26-27-28)5-3-1-2-4-16-11-24-19(22)25-16/h8-12H,1-7H2,(H,23,29)(H3,22,24,25). The van der Waals surface area contributed by atoms with E-state index in [1.54, 1.807) is 10.9 Å². The molecule has 0 saturated carbocycles. The van der Waals surface area contributed by atoms with E-state index in [0.29, 0.717) is 12.5 Å². The number of rotatable bonds is 10. The number of halogens is 2. The molecule has 1 aromatic carbocycles. The molecule has 4 N–H and O–H groups in total. The van der Waals surface area contributed by atoms with Gasteiger partial charge in [-0.15, -0.1) is 5.10 Å². The number of aromatic amines is 1. The monoisotopic (exact) mass is 403 g/mol. The first kappa shape index (κ1) is 20.4. The minimum Gasteiger partial charge on any atom is -0.369 e. The molecule has 0 unspecified atom stereocenters. The number of carbonyl (C=O) groups is 1. The lowest BCUT2D eigenvalue weighted by atomic mass is 10.1. The van der Waals surface area contributed by atoms with E-state index in [0.717, 1.165) is 61.7 Å². The molecule has 8 nitrogen and oxygen atoms in total. The van der Waals surface area contributed by atoms with Gasteiger partial charge in [0, 0.05) is 30.1 Å². The zero-order valence-electron chi connectivity index (χ0n) is 15.9. The van der Waals surface area contributed by atoms with Crippen LogP contribution in [0.1, 0.15) is 41.0 Å². The van der Waals surface area contributed by atoms with Crippen LogP contribution in [0.3, 0.4) is 0 Å². The first-order valence-corrected chi connectivity index (χ1v) is 9.42. The number of hydrogen-bond donors (Lipinski definition) is 3. The van der Waals surface area contributed by atoms with Crippen LogP contribution in [0, 0.1) is 11.6 Å². The smallest absolute Gasteiger partial charge is 0.251 e. The maximum atomic E-state index is 13.2. The molecule has 154 valence electrons. The molecule has 0 atom stereocenters. The van der Waals surface area contributed by atoms with Crippen LogP contribution in [0.2, 0.25) is 0 Å². The van der Waals surface area contributed by atoms with E-state index in [-0.39, 0.29) is 12.1 Å². The van der Waals surface area contributed by atoms with Crippen molar-refractivity contribution in [3.05, 3.63) is 59.2 Å². The van der Waals surface area contributed by atoms with Crippen molar-refractivity contribution in [1.29, 1.82) is 0 Å². The van der Waals surface area contributed by atoms with E-state index >= 15 is 0 Å². The topological polar surface area (TPSA) is 115 Å². The highest BCUT2D eigenvalue weighted by molar-refractivity contribution is 5.94. The molecule has 0 saturated heterocycles. The number of nitrogen functional groups attached to an aromatic ring is 1. The number of aromatic nitrogens is 5. The molecule has 29 heavy (non-hydrogen) atoms. The highest BCUT2D eigenvalue weighted by atomic mass is 19.1. The summed E-state index contributed by atoms with van der Waals surface area (Å²) in [4.78, 5) is 18.9. The normalized spacial score (nSPS) is 11.0. The van der Waals surface area contributed by atoms with E-state index < -0.39 is 17.5 Å². The van der Waals surface area contributed by atoms with Gasteiger partial charge in [0.1, 0.15) is 11.6 Å². The van der Waals surface area contributed by atoms with Gasteiger partial charge in [-0.3, -0.25) is 9.48 Å². The largest absolute Gasteiger partial charge is 0.369 e. The molecule has 0 spiro atoms. The Morgan fingerprint density at radius 2 is 1.90 bits per heavy atom. The van der Waals surface area contributed by atoms with E-state index in [4.69, 9.17) is 5.73 Å². The van der Waals surface area contributed by atoms with Crippen LogP contribution < -0.4 is 11.1 Å². The molecule has 3 aromatic rings. The second kappa shape index (κ2) is 9.76. The summed E-state index contributed by atoms with van der Waals surface area (Å²) in [5, 5.41) is 10.8. The number of H-pyrrole nitrogens is 1. The maximum Gasteiger partial charge on any atom is 0.251 e. The first-order valence-electron chi connectivity index (χ1n) is 9.42. The summed E-state index contributed by atoms with van der Waals surface area (Å²) in [6.45, 7) is 0.685. The molecule has 0 aliphatic carbocycles. The number of nitrogens with one attached hydrogen (secondary N) is 2. The van der Waals surface area contributed by atoms with Crippen LogP contribution in [-0.2, 0) is 19.4 Å². The van der Waals surface area contributed by atoms with Crippen molar-refractivity contribution in [2.45, 2.75) is 38.6 Å². The van der Waals surface area contributed by atoms with Crippen molar-refractivity contribution in [1.82, 2.24) is 30.3 Å². The summed E-state index contributed by atoms with van der Waals surface area (Å²) in [5.41, 5.74) is 7.41. The second-order valence-corrected chi connectivity index (χ2v) is 6.74. The van der Waals surface area contributed by atoms with Crippen LogP contribution in [0.4, 0.5) is 14.7 Å². The predicted octanol–water partition coefficient (Wildman–Crippen LogP) is 2.25. The van der Waals surface area contributed by atoms with Crippen LogP contribution in [0.15, 0.2) is 30.6 Å². The Morgan fingerprint density at radius 1 is 1.14 bits per heavy atom. The van der Waals surface area contributed by atoms with Gasteiger partial charge in [-0.25, -0.2) is 13.8 Å². The van der Waals surface area contributed by atoms with Crippen LogP contribution in [0.25, 0.3) is 0 Å². The van der Waals surface area contributed by atoms with Crippen molar-refractivity contribution in [2.24, 2.45) is 0 Å². The average Bonchev–Trinajstić information content (AvgIpc) is 3.29. The van der Waals surface area contributed by atoms with Gasteiger partial charge in [-0.2, -0.15) is 0 Å². The van der Waals surface area contributed by atoms with Crippen molar-refractivity contribution in [3.8, 4) is 0 Å². The van der Waals surface area contributed by atoms with E-state index in [1.165, 1.54) is 0 Å². The Hall–Kier alpha value is -3.30. The molecule has 2 heterocycles. The van der Waals surface area contributed by atoms with Gasteiger partial charge in [-0.05, 0) is 37.8 Å². The summed E-state index contributed by atoms with van der Waals surface area (Å²) in [6.07, 6.45) is 8.39. The van der Waals surface area contributed by atoms with E-state index in [1.807, 2.05) is 6.20 Å². The number of hydrogen-bond acceptors (Lipinski definition) is 5. The summed E-state index contributed by atoms with van der Waals surface area (Å²) in [5.74, 6) is -1.67. The van der Waals surface area contributed by atoms with Gasteiger partial charge >= 0.3 is 0 Å². The molecule has 0 bridgehead atoms. The SMILES string of the molecule is Nc1ncc(CCCCCc2cn(CCNC(=O)c3cc(F)cc(F)c3)nn2)[nH]1. The molecule has 3 rings (SSSR count). The molecule has 1 amide bonds. The molecular formula is C19H23F2N7O. The van der Waals surface area contributed by atoms with Gasteiger partial charge in [0.05, 0.1) is 18.4 Å². The number of nitrogens with zero attached hydrogens (tertiary/aromatic N) is 4. The summed E-state index contributed by atoms with van der Waals surface area (Å²) in [7, 11) is 0. The minimum atomic E-state index is -0.787. The van der Waals surface area contributed by atoms with Gasteiger partial charge in [0.25, 0.3) is 5.91 Å². The maximum absolute atomic E-state index is 13.2. The third-order valence-corrected chi connectivity index (χ3v) is 4.36. The van der Waals surface area contributed by atoms with Crippen molar-refractivity contribution < 1.29 is 13.6 Å². The van der Waals surface area contributed by atoms with E-state index in [9.17, 15) is 13.6 Å². The number of unbranched alkanes of at least 4 members (excludes halogenated alkanes) is 2. The zero-order valence-corrected chi connectivity index (χ0v) is 15.9. The Bertz CT molecular complexity index is 933. The van der Waals surface area contributed by atoms with Crippen LogP contribution in [-0.4, -0.2) is 37.4 Å². The molecule has 0 radical (unpaired) electrons. The number of carbonyl (C=O) groups excluding carboxylic acids is 1. The molecular weight excluding hydrogens is 380 g/mol. The van der Waals surface area contributed by atoms with Gasteiger partial charge in [-0.1, -0.05) is 11.6 Å². The molecule has 0 fully saturated rings. The fourth-order valence-electron chi connectivity index (χ4n) is 2.94. The number of nitrogens with two attached hydrogens (primary N) is 1. The lowest BCUT2D eigenvalue weighted by Crippen LogP contribution is -2.27. The van der Waals surface area contributed by atoms with Gasteiger partial charge < -0.3 is 16.0 Å². The fraction of sp³-hybridized carbons (Fsp3) is 0.368. The van der Waals surface area contributed by atoms with Crippen molar-refractivity contribution in [3.63, 3.8) is 0 Å². The van der Waals surface area contributed by atoms with Crippen molar-refractivity contribution >= 4 is 11.9 Å². The summed E-state index contributed by atoms with van der Waals surface area (Å²) >= 11 is 0. The number of aryl methyl sites for hydroxylation is 2. The fourth-order valence-corrected chi connectivity index (χ4v) is 2.94. The highest BCUT2D eigenvalue weighted by Gasteiger charge is 2.09. The number of amides is 1. The lowest BCUT2D eigenvalue weighted by Gasteiger charge is -2.05. The predicted molar refractivity (Wildman–Crippen MR) is 103 cm³/mol. The number of imidazole rings is 1. The Labute approximate surface area is 166 Å². The van der Waals surface area contributed by atoms with Gasteiger partial charge in [0.2, 0.25) is 0 Å². The minimum absolute atomic E-state index is 0.0559. The molecule has 0 aliphatic rings. The average molecular weight is 403 g/mol. The summed E-state index contributed by atoms with van der Waals surface area (Å²) in [6, 6.07) is 2.71. The quantitative estimate of drug-likeness (QED) is 0.449. The molecule has 2 aromatic heterocycles.